The van der Waals surface area contributed by atoms with Crippen LogP contribution in [0.25, 0.3) is 10.4 Å². The predicted octanol–water partition coefficient (Wildman–Crippen LogP) is 3.84. The molecular formula is C26H34N6O3S. The molecule has 0 bridgehead atoms. The van der Waals surface area contributed by atoms with Crippen LogP contribution in [0.3, 0.4) is 0 Å². The van der Waals surface area contributed by atoms with Crippen molar-refractivity contribution in [1.82, 2.24) is 30.2 Å². The predicted molar refractivity (Wildman–Crippen MR) is 139 cm³/mol. The first kappa shape index (κ1) is 25.8. The highest BCUT2D eigenvalue weighted by Gasteiger charge is 2.39. The molecule has 2 amide bonds. The highest BCUT2D eigenvalue weighted by atomic mass is 32.1. The largest absolute Gasteiger partial charge is 0.496 e. The lowest BCUT2D eigenvalue weighted by atomic mass is 10.0. The van der Waals surface area contributed by atoms with Crippen molar-refractivity contribution in [3.63, 3.8) is 0 Å². The Kier molecular flexibility index (Phi) is 7.73. The molecule has 2 atom stereocenters. The molecule has 1 N–H and O–H groups in total. The molecule has 0 spiro atoms. The minimum atomic E-state index is -0.505. The zero-order chi connectivity index (χ0) is 26.0. The van der Waals surface area contributed by atoms with Gasteiger partial charge >= 0.3 is 0 Å². The Balaban J connectivity index is 1.49. The number of nitrogens with zero attached hydrogens (tertiary/aromatic N) is 5. The summed E-state index contributed by atoms with van der Waals surface area (Å²) in [7, 11) is 1.63. The quantitative estimate of drug-likeness (QED) is 0.494. The van der Waals surface area contributed by atoms with Crippen LogP contribution in [-0.2, 0) is 16.1 Å². The van der Waals surface area contributed by atoms with E-state index < -0.39 is 12.1 Å². The molecule has 9 nitrogen and oxygen atoms in total. The summed E-state index contributed by atoms with van der Waals surface area (Å²) in [6.07, 6.45) is 3.20. The molecule has 192 valence electrons. The summed E-state index contributed by atoms with van der Waals surface area (Å²) in [5.41, 5.74) is 6.64. The van der Waals surface area contributed by atoms with Gasteiger partial charge in [-0.3, -0.25) is 9.59 Å². The molecule has 0 saturated carbocycles. The molecule has 1 aliphatic rings. The Hall–Kier alpha value is -3.27. The molecule has 4 rings (SSSR count). The molecular weight excluding hydrogens is 476 g/mol. The zero-order valence-electron chi connectivity index (χ0n) is 21.7. The van der Waals surface area contributed by atoms with E-state index in [1.165, 1.54) is 0 Å². The molecule has 10 heteroatoms. The van der Waals surface area contributed by atoms with Gasteiger partial charge in [-0.05, 0) is 57.2 Å². The van der Waals surface area contributed by atoms with E-state index in [-0.39, 0.29) is 17.7 Å². The van der Waals surface area contributed by atoms with Crippen molar-refractivity contribution in [2.75, 3.05) is 13.7 Å². The lowest BCUT2D eigenvalue weighted by Crippen LogP contribution is -2.48. The molecule has 1 fully saturated rings. The van der Waals surface area contributed by atoms with Gasteiger partial charge in [0.1, 0.15) is 17.8 Å². The average Bonchev–Trinajstić information content (AvgIpc) is 3.59. The first-order chi connectivity index (χ1) is 17.2. The molecule has 0 unspecified atom stereocenters. The number of thiazole rings is 1. The maximum absolute atomic E-state index is 13.5. The van der Waals surface area contributed by atoms with Crippen molar-refractivity contribution in [2.45, 2.75) is 66.1 Å². The number of methoxy groups -OCH3 is 1. The number of aromatic nitrogens is 4. The van der Waals surface area contributed by atoms with Crippen molar-refractivity contribution in [3.8, 4) is 16.2 Å². The Morgan fingerprint density at radius 2 is 2.03 bits per heavy atom. The average molecular weight is 511 g/mol. The van der Waals surface area contributed by atoms with Gasteiger partial charge in [-0.1, -0.05) is 19.1 Å². The van der Waals surface area contributed by atoms with E-state index in [0.717, 1.165) is 39.4 Å². The van der Waals surface area contributed by atoms with Gasteiger partial charge in [0.2, 0.25) is 11.8 Å². The maximum atomic E-state index is 13.5. The van der Waals surface area contributed by atoms with Crippen LogP contribution in [0.15, 0.2) is 23.8 Å². The lowest BCUT2D eigenvalue weighted by molar-refractivity contribution is -0.142. The monoisotopic (exact) mass is 510 g/mol. The number of carbonyl (C=O) groups is 2. The summed E-state index contributed by atoms with van der Waals surface area (Å²) in [6, 6.07) is 3.06. The van der Waals surface area contributed by atoms with Crippen molar-refractivity contribution < 1.29 is 14.3 Å². The Bertz CT molecular complexity index is 1250. The van der Waals surface area contributed by atoms with Crippen LogP contribution in [0.1, 0.15) is 55.2 Å². The normalized spacial score (nSPS) is 16.4. The second-order valence-electron chi connectivity index (χ2n) is 9.68. The zero-order valence-corrected chi connectivity index (χ0v) is 22.6. The summed E-state index contributed by atoms with van der Waals surface area (Å²) in [4.78, 5) is 34.0. The third kappa shape index (κ3) is 5.13. The minimum Gasteiger partial charge on any atom is -0.496 e. The summed E-state index contributed by atoms with van der Waals surface area (Å²) < 4.78 is 7.28. The van der Waals surface area contributed by atoms with Crippen LogP contribution in [0.4, 0.5) is 0 Å². The van der Waals surface area contributed by atoms with E-state index in [4.69, 9.17) is 4.74 Å². The van der Waals surface area contributed by atoms with E-state index in [0.29, 0.717) is 25.3 Å². The summed E-state index contributed by atoms with van der Waals surface area (Å²) in [5, 5.41) is 11.2. The number of benzene rings is 1. The summed E-state index contributed by atoms with van der Waals surface area (Å²) in [6.45, 7) is 10.7. The molecule has 36 heavy (non-hydrogen) atoms. The van der Waals surface area contributed by atoms with Crippen molar-refractivity contribution in [1.29, 1.82) is 0 Å². The van der Waals surface area contributed by atoms with Gasteiger partial charge in [0.05, 0.1) is 28.9 Å². The Labute approximate surface area is 215 Å². The van der Waals surface area contributed by atoms with Crippen LogP contribution in [-0.4, -0.2) is 56.4 Å². The van der Waals surface area contributed by atoms with E-state index in [2.05, 4.69) is 27.5 Å². The maximum Gasteiger partial charge on any atom is 0.248 e. The van der Waals surface area contributed by atoms with Crippen molar-refractivity contribution in [3.05, 3.63) is 46.4 Å². The Morgan fingerprint density at radius 1 is 1.25 bits per heavy atom. The third-order valence-corrected chi connectivity index (χ3v) is 7.67. The van der Waals surface area contributed by atoms with Crippen LogP contribution >= 0.6 is 11.3 Å². The fraction of sp³-hybridized carbons (Fsp3) is 0.500. The molecule has 0 aliphatic carbocycles. The summed E-state index contributed by atoms with van der Waals surface area (Å²) in [5.74, 6) is 0.478. The standard InChI is InChI=1S/C26H34N6O3S/c1-15(2)23(32-13-17(4)29-30-32)26(34)31-9-7-8-21(31)25(33)27-12-19-10-16(3)20(11-22(19)35-6)24-18(5)28-14-36-24/h10-11,13-15,21,23H,7-9,12H2,1-6H3,(H,27,33)/t21-,23-/m0/s1. The number of hydrogen-bond acceptors (Lipinski definition) is 7. The fourth-order valence-electron chi connectivity index (χ4n) is 4.86. The van der Waals surface area contributed by atoms with Gasteiger partial charge in [0, 0.05) is 30.4 Å². The van der Waals surface area contributed by atoms with E-state index in [1.54, 1.807) is 34.2 Å². The molecule has 1 aliphatic heterocycles. The van der Waals surface area contributed by atoms with Gasteiger partial charge in [-0.2, -0.15) is 0 Å². The van der Waals surface area contributed by atoms with E-state index >= 15 is 0 Å². The molecule has 1 saturated heterocycles. The van der Waals surface area contributed by atoms with E-state index in [9.17, 15) is 9.59 Å². The fourth-order valence-corrected chi connectivity index (χ4v) is 5.75. The van der Waals surface area contributed by atoms with Gasteiger partial charge < -0.3 is 15.0 Å². The van der Waals surface area contributed by atoms with Gasteiger partial charge in [0.15, 0.2) is 0 Å². The topological polar surface area (TPSA) is 102 Å². The number of rotatable bonds is 8. The van der Waals surface area contributed by atoms with Gasteiger partial charge in [-0.15, -0.1) is 16.4 Å². The number of likely N-dealkylation sites (tertiary alicyclic amines) is 1. The van der Waals surface area contributed by atoms with Crippen LogP contribution in [0.5, 0.6) is 5.75 Å². The first-order valence-electron chi connectivity index (χ1n) is 12.3. The lowest BCUT2D eigenvalue weighted by Gasteiger charge is -2.30. The number of carbonyl (C=O) groups excluding carboxylic acids is 2. The molecule has 1 aromatic carbocycles. The number of nitrogens with one attached hydrogen (secondary N) is 1. The van der Waals surface area contributed by atoms with Crippen LogP contribution < -0.4 is 10.1 Å². The third-order valence-electron chi connectivity index (χ3n) is 6.70. The van der Waals surface area contributed by atoms with Gasteiger partial charge in [0.25, 0.3) is 0 Å². The Morgan fingerprint density at radius 3 is 2.64 bits per heavy atom. The minimum absolute atomic E-state index is 0.0100. The molecule has 0 radical (unpaired) electrons. The smallest absolute Gasteiger partial charge is 0.248 e. The molecule has 2 aromatic heterocycles. The van der Waals surface area contributed by atoms with E-state index in [1.807, 2.05) is 45.3 Å². The summed E-state index contributed by atoms with van der Waals surface area (Å²) >= 11 is 1.60. The highest BCUT2D eigenvalue weighted by Crippen LogP contribution is 2.35. The second-order valence-corrected chi connectivity index (χ2v) is 10.5. The molecule has 3 heterocycles. The number of amides is 2. The van der Waals surface area contributed by atoms with Gasteiger partial charge in [-0.25, -0.2) is 9.67 Å². The first-order valence-corrected chi connectivity index (χ1v) is 13.1. The second kappa shape index (κ2) is 10.8. The van der Waals surface area contributed by atoms with Crippen LogP contribution in [0.2, 0.25) is 0 Å². The highest BCUT2D eigenvalue weighted by molar-refractivity contribution is 7.13. The number of hydrogen-bond donors (Lipinski definition) is 1. The molecule has 3 aromatic rings. The van der Waals surface area contributed by atoms with Crippen LogP contribution in [0, 0.1) is 26.7 Å². The number of aryl methyl sites for hydroxylation is 3. The number of ether oxygens (including phenoxy) is 1. The van der Waals surface area contributed by atoms with Crippen molar-refractivity contribution >= 4 is 23.2 Å². The van der Waals surface area contributed by atoms with Crippen molar-refractivity contribution in [2.24, 2.45) is 5.92 Å². The SMILES string of the molecule is COc1cc(-c2scnc2C)c(C)cc1CNC(=O)[C@@H]1CCCN1C(=O)[C@H](C(C)C)n1cc(C)nn1.